The van der Waals surface area contributed by atoms with Crippen LogP contribution in [0.25, 0.3) is 0 Å². The summed E-state index contributed by atoms with van der Waals surface area (Å²) in [6, 6.07) is 0.145. The Morgan fingerprint density at radius 3 is 2.73 bits per heavy atom. The predicted molar refractivity (Wildman–Crippen MR) is 87.1 cm³/mol. The molecule has 0 spiro atoms. The number of anilines is 2. The van der Waals surface area contributed by atoms with Gasteiger partial charge in [0.25, 0.3) is 0 Å². The minimum absolute atomic E-state index is 0.0696. The molecule has 0 radical (unpaired) electrons. The van der Waals surface area contributed by atoms with Crippen LogP contribution in [0.4, 0.5) is 11.8 Å². The second kappa shape index (κ2) is 7.54. The maximum Gasteiger partial charge on any atom is 0.230 e. The Labute approximate surface area is 132 Å². The molecule has 0 aromatic carbocycles. The van der Waals surface area contributed by atoms with Crippen molar-refractivity contribution in [3.05, 3.63) is 11.8 Å². The molecule has 1 fully saturated rings. The zero-order valence-corrected chi connectivity index (χ0v) is 13.9. The summed E-state index contributed by atoms with van der Waals surface area (Å²) in [4.78, 5) is 23.5. The number of carbonyl (C=O) groups is 1. The molecule has 0 atom stereocenters. The number of aryl methyl sites for hydroxylation is 1. The first-order chi connectivity index (χ1) is 10.5. The molecule has 0 saturated carbocycles. The first-order valence-electron chi connectivity index (χ1n) is 8.03. The molecule has 1 amide bonds. The van der Waals surface area contributed by atoms with Gasteiger partial charge in [-0.1, -0.05) is 13.8 Å². The van der Waals surface area contributed by atoms with E-state index >= 15 is 0 Å². The maximum absolute atomic E-state index is 12.8. The lowest BCUT2D eigenvalue weighted by Gasteiger charge is -2.35. The van der Waals surface area contributed by atoms with Crippen molar-refractivity contribution in [3.63, 3.8) is 0 Å². The first-order valence-corrected chi connectivity index (χ1v) is 8.03. The molecular weight excluding hydrogens is 280 g/mol. The number of carbonyl (C=O) groups excluding carboxylic acids is 1. The highest BCUT2D eigenvalue weighted by atomic mass is 16.5. The van der Waals surface area contributed by atoms with Crippen molar-refractivity contribution < 1.29 is 9.53 Å². The molecule has 1 aromatic rings. The number of nitrogens with one attached hydrogen (secondary N) is 1. The van der Waals surface area contributed by atoms with Crippen molar-refractivity contribution in [1.82, 2.24) is 9.97 Å². The van der Waals surface area contributed by atoms with Gasteiger partial charge < -0.3 is 10.1 Å². The highest BCUT2D eigenvalue weighted by molar-refractivity contribution is 5.95. The number of ether oxygens (including phenoxy) is 1. The minimum atomic E-state index is -0.0696. The van der Waals surface area contributed by atoms with Crippen LogP contribution in [0.15, 0.2) is 6.20 Å². The van der Waals surface area contributed by atoms with Crippen molar-refractivity contribution in [2.75, 3.05) is 30.0 Å². The van der Waals surface area contributed by atoms with Crippen LogP contribution < -0.4 is 10.2 Å². The molecule has 1 aliphatic heterocycles. The van der Waals surface area contributed by atoms with E-state index < -0.39 is 0 Å². The van der Waals surface area contributed by atoms with Crippen LogP contribution in [0.3, 0.4) is 0 Å². The molecule has 6 heteroatoms. The third-order valence-corrected chi connectivity index (χ3v) is 3.80. The Balaban J connectivity index is 2.39. The van der Waals surface area contributed by atoms with E-state index in [-0.39, 0.29) is 17.9 Å². The average molecular weight is 306 g/mol. The van der Waals surface area contributed by atoms with Gasteiger partial charge in [0.1, 0.15) is 5.82 Å². The molecular formula is C16H26N4O2. The van der Waals surface area contributed by atoms with Gasteiger partial charge in [-0.2, -0.15) is 4.98 Å². The van der Waals surface area contributed by atoms with E-state index in [1.165, 1.54) is 0 Å². The number of rotatable bonds is 5. The SMILES string of the molecule is CCNc1ncc(C)c(N(C(=O)C(C)C)C2CCOCC2)n1. The number of hydrogen-bond acceptors (Lipinski definition) is 5. The highest BCUT2D eigenvalue weighted by Gasteiger charge is 2.30. The standard InChI is InChI=1S/C16H26N4O2/c1-5-17-16-18-10-12(4)14(19-16)20(15(21)11(2)3)13-6-8-22-9-7-13/h10-11,13H,5-9H2,1-4H3,(H,17,18,19). The van der Waals surface area contributed by atoms with E-state index in [0.717, 1.165) is 30.8 Å². The molecule has 1 saturated heterocycles. The fraction of sp³-hybridized carbons (Fsp3) is 0.688. The van der Waals surface area contributed by atoms with Crippen LogP contribution in [0, 0.1) is 12.8 Å². The van der Waals surface area contributed by atoms with E-state index in [9.17, 15) is 4.79 Å². The van der Waals surface area contributed by atoms with Crippen molar-refractivity contribution >= 4 is 17.7 Å². The van der Waals surface area contributed by atoms with Gasteiger partial charge in [-0.05, 0) is 26.7 Å². The zero-order valence-electron chi connectivity index (χ0n) is 13.9. The third kappa shape index (κ3) is 3.74. The summed E-state index contributed by atoms with van der Waals surface area (Å²) >= 11 is 0. The van der Waals surface area contributed by atoms with Crippen molar-refractivity contribution in [2.45, 2.75) is 46.6 Å². The van der Waals surface area contributed by atoms with Gasteiger partial charge in [0.2, 0.25) is 11.9 Å². The first kappa shape index (κ1) is 16.7. The van der Waals surface area contributed by atoms with Crippen LogP contribution in [-0.4, -0.2) is 41.7 Å². The molecule has 122 valence electrons. The van der Waals surface area contributed by atoms with Crippen molar-refractivity contribution in [1.29, 1.82) is 0 Å². The second-order valence-corrected chi connectivity index (χ2v) is 5.94. The van der Waals surface area contributed by atoms with Crippen molar-refractivity contribution in [3.8, 4) is 0 Å². The molecule has 22 heavy (non-hydrogen) atoms. The highest BCUT2D eigenvalue weighted by Crippen LogP contribution is 2.26. The summed E-state index contributed by atoms with van der Waals surface area (Å²) < 4.78 is 5.44. The minimum Gasteiger partial charge on any atom is -0.381 e. The van der Waals surface area contributed by atoms with E-state index in [1.807, 2.05) is 32.6 Å². The summed E-state index contributed by atoms with van der Waals surface area (Å²) in [5.41, 5.74) is 0.919. The number of amides is 1. The van der Waals surface area contributed by atoms with Gasteiger partial charge in [-0.25, -0.2) is 4.98 Å². The lowest BCUT2D eigenvalue weighted by molar-refractivity contribution is -0.122. The maximum atomic E-state index is 12.8. The predicted octanol–water partition coefficient (Wildman–Crippen LogP) is 2.38. The largest absolute Gasteiger partial charge is 0.381 e. The molecule has 6 nitrogen and oxygen atoms in total. The number of nitrogens with zero attached hydrogens (tertiary/aromatic N) is 3. The smallest absolute Gasteiger partial charge is 0.230 e. The lowest BCUT2D eigenvalue weighted by Crippen LogP contribution is -2.46. The van der Waals surface area contributed by atoms with Crippen LogP contribution in [-0.2, 0) is 9.53 Å². The molecule has 1 aromatic heterocycles. The Morgan fingerprint density at radius 1 is 1.45 bits per heavy atom. The summed E-state index contributed by atoms with van der Waals surface area (Å²) in [6.45, 7) is 9.93. The Morgan fingerprint density at radius 2 is 2.14 bits per heavy atom. The summed E-state index contributed by atoms with van der Waals surface area (Å²) in [5.74, 6) is 1.32. The second-order valence-electron chi connectivity index (χ2n) is 5.94. The summed E-state index contributed by atoms with van der Waals surface area (Å²) in [5, 5.41) is 3.12. The van der Waals surface area contributed by atoms with Gasteiger partial charge in [0.15, 0.2) is 0 Å². The molecule has 2 rings (SSSR count). The molecule has 0 unspecified atom stereocenters. The zero-order chi connectivity index (χ0) is 16.1. The van der Waals surface area contributed by atoms with Crippen LogP contribution in [0.1, 0.15) is 39.2 Å². The molecule has 1 N–H and O–H groups in total. The summed E-state index contributed by atoms with van der Waals surface area (Å²) in [6.07, 6.45) is 3.47. The average Bonchev–Trinajstić information content (AvgIpc) is 2.51. The van der Waals surface area contributed by atoms with Crippen LogP contribution in [0.5, 0.6) is 0 Å². The van der Waals surface area contributed by atoms with E-state index in [2.05, 4.69) is 15.3 Å². The van der Waals surface area contributed by atoms with E-state index in [1.54, 1.807) is 6.20 Å². The van der Waals surface area contributed by atoms with Crippen molar-refractivity contribution in [2.24, 2.45) is 5.92 Å². The Hall–Kier alpha value is -1.69. The van der Waals surface area contributed by atoms with Gasteiger partial charge in [-0.15, -0.1) is 0 Å². The normalized spacial score (nSPS) is 15.9. The van der Waals surface area contributed by atoms with Gasteiger partial charge >= 0.3 is 0 Å². The topological polar surface area (TPSA) is 67.4 Å². The number of hydrogen-bond donors (Lipinski definition) is 1. The molecule has 0 aliphatic carbocycles. The van der Waals surface area contributed by atoms with Gasteiger partial charge in [0, 0.05) is 43.5 Å². The van der Waals surface area contributed by atoms with E-state index in [4.69, 9.17) is 4.74 Å². The third-order valence-electron chi connectivity index (χ3n) is 3.80. The number of aromatic nitrogens is 2. The fourth-order valence-electron chi connectivity index (χ4n) is 2.60. The monoisotopic (exact) mass is 306 g/mol. The quantitative estimate of drug-likeness (QED) is 0.904. The molecule has 2 heterocycles. The summed E-state index contributed by atoms with van der Waals surface area (Å²) in [7, 11) is 0. The Bertz CT molecular complexity index is 513. The van der Waals surface area contributed by atoms with Crippen LogP contribution >= 0.6 is 0 Å². The lowest BCUT2D eigenvalue weighted by atomic mass is 10.0. The van der Waals surface area contributed by atoms with Crippen LogP contribution in [0.2, 0.25) is 0 Å². The fourth-order valence-corrected chi connectivity index (χ4v) is 2.60. The van der Waals surface area contributed by atoms with E-state index in [0.29, 0.717) is 19.2 Å². The van der Waals surface area contributed by atoms with Gasteiger partial charge in [-0.3, -0.25) is 9.69 Å². The molecule has 0 bridgehead atoms. The molecule has 1 aliphatic rings. The van der Waals surface area contributed by atoms with Gasteiger partial charge in [0.05, 0.1) is 0 Å². The Kier molecular flexibility index (Phi) is 5.71.